The van der Waals surface area contributed by atoms with E-state index in [4.69, 9.17) is 9.47 Å². The summed E-state index contributed by atoms with van der Waals surface area (Å²) in [5.74, 6) is 1.57. The average Bonchev–Trinajstić information content (AvgIpc) is 2.79. The maximum Gasteiger partial charge on any atom is 2.00 e. The molecule has 0 saturated carbocycles. The molecular weight excluding hydrogens is 664 g/mol. The second kappa shape index (κ2) is 22.6. The molecule has 3 aromatic carbocycles. The number of rotatable bonds is 6. The van der Waals surface area contributed by atoms with E-state index >= 15 is 0 Å². The van der Waals surface area contributed by atoms with E-state index in [2.05, 4.69) is 0 Å². The first kappa shape index (κ1) is 44.9. The zero-order chi connectivity index (χ0) is 26.6. The summed E-state index contributed by atoms with van der Waals surface area (Å²) in [7, 11) is -2.94. The largest absolute Gasteiger partial charge is 2.00 e. The first-order valence-electron chi connectivity index (χ1n) is 10.5. The molecule has 0 heterocycles. The van der Waals surface area contributed by atoms with Crippen molar-refractivity contribution in [2.75, 3.05) is 14.2 Å². The van der Waals surface area contributed by atoms with E-state index in [-0.39, 0.29) is 86.3 Å². The van der Waals surface area contributed by atoms with Crippen LogP contribution in [-0.2, 0) is 40.1 Å². The van der Waals surface area contributed by atoms with Gasteiger partial charge in [0.2, 0.25) is 0 Å². The Kier molecular flexibility index (Phi) is 26.0. The van der Waals surface area contributed by atoms with Gasteiger partial charge in [-0.15, -0.1) is 0 Å². The Labute approximate surface area is 276 Å². The molecule has 7 nitrogen and oxygen atoms in total. The van der Waals surface area contributed by atoms with E-state index in [9.17, 15) is 22.6 Å². The molecule has 0 aromatic heterocycles. The van der Waals surface area contributed by atoms with Gasteiger partial charge in [0.1, 0.15) is 33.2 Å². The fourth-order valence-electron chi connectivity index (χ4n) is 2.87. The van der Waals surface area contributed by atoms with Gasteiger partial charge in [0.05, 0.1) is 19.1 Å². The summed E-state index contributed by atoms with van der Waals surface area (Å²) in [5, 5.41) is 2.04. The smallest absolute Gasteiger partial charge is 1.00 e. The number of ether oxygens (including phenoxy) is 2. The summed E-state index contributed by atoms with van der Waals surface area (Å²) in [5.41, 5.74) is 0. The molecule has 12 heteroatoms. The Morgan fingerprint density at radius 1 is 0.692 bits per heavy atom. The van der Waals surface area contributed by atoms with Gasteiger partial charge in [0, 0.05) is 15.9 Å². The summed E-state index contributed by atoms with van der Waals surface area (Å²) < 4.78 is 46.8. The van der Waals surface area contributed by atoms with Crippen LogP contribution in [-0.4, -0.2) is 38.8 Å². The normalized spacial score (nSPS) is 9.23. The Bertz CT molecular complexity index is 1190. The van der Waals surface area contributed by atoms with Gasteiger partial charge >= 0.3 is 50.0 Å². The molecule has 39 heavy (non-hydrogen) atoms. The third-order valence-electron chi connectivity index (χ3n) is 4.03. The molecule has 0 amide bonds. The number of para-hydroxylation sites is 2. The van der Waals surface area contributed by atoms with Crippen LogP contribution in [0, 0.1) is 7.43 Å². The maximum atomic E-state index is 11.9. The number of carbonyl (C=O) groups excluding carboxylic acids is 2. The average molecular weight is 697 g/mol. The van der Waals surface area contributed by atoms with E-state index in [0.717, 1.165) is 10.6 Å². The topological polar surface area (TPSA) is 110 Å². The molecule has 0 radical (unpaired) electrons. The molecule has 0 unspecified atom stereocenters. The van der Waals surface area contributed by atoms with Gasteiger partial charge in [0.25, 0.3) is 0 Å². The van der Waals surface area contributed by atoms with Crippen molar-refractivity contribution in [2.24, 2.45) is 0 Å². The van der Waals surface area contributed by atoms with Crippen LogP contribution in [0.2, 0.25) is 0 Å². The van der Waals surface area contributed by atoms with Crippen molar-refractivity contribution in [2.45, 2.75) is 32.6 Å². The number of hydrogen-bond acceptors (Lipinski definition) is 7. The van der Waals surface area contributed by atoms with Crippen molar-refractivity contribution in [1.29, 1.82) is 0 Å². The van der Waals surface area contributed by atoms with Gasteiger partial charge in [-0.2, -0.15) is 0 Å². The van der Waals surface area contributed by atoms with Crippen molar-refractivity contribution in [1.82, 2.24) is 0 Å². The van der Waals surface area contributed by atoms with E-state index in [1.54, 1.807) is 32.4 Å². The van der Waals surface area contributed by atoms with E-state index in [1.807, 2.05) is 48.5 Å². The van der Waals surface area contributed by atoms with Gasteiger partial charge in [-0.3, -0.25) is 0 Å². The Hall–Kier alpha value is -1.11. The predicted molar refractivity (Wildman–Crippen MR) is 145 cm³/mol. The number of methoxy groups -OCH3 is 2. The van der Waals surface area contributed by atoms with Crippen LogP contribution in [0.1, 0.15) is 27.7 Å². The number of carbonyl (C=O) groups is 2. The van der Waals surface area contributed by atoms with Crippen LogP contribution >= 0.6 is 7.92 Å². The van der Waals surface area contributed by atoms with Gasteiger partial charge in [-0.1, -0.05) is 54.6 Å². The van der Waals surface area contributed by atoms with Crippen molar-refractivity contribution in [3.05, 3.63) is 80.2 Å². The molecule has 0 aliphatic rings. The first-order valence-corrected chi connectivity index (χ1v) is 13.2. The molecule has 0 bridgehead atoms. The second-order valence-corrected chi connectivity index (χ2v) is 10.9. The third-order valence-corrected chi connectivity index (χ3v) is 7.65. The zero-order valence-corrected chi connectivity index (χ0v) is 29.4. The quantitative estimate of drug-likeness (QED) is 0.127. The summed E-state index contributed by atoms with van der Waals surface area (Å²) in [6.07, 6.45) is 0. The SMILES string of the molecule is CC(C)=O.CC(C)=O.COc1ccccc1P(c1ccccc1OC)c1ccccc1S(=O)(=O)[O-].[CH3-].[Cl-].[Na+].[Pd+2]. The van der Waals surface area contributed by atoms with Crippen molar-refractivity contribution in [3.63, 3.8) is 0 Å². The molecule has 3 rings (SSSR count). The van der Waals surface area contributed by atoms with Crippen LogP contribution in [0.15, 0.2) is 77.7 Å². The Morgan fingerprint density at radius 3 is 1.28 bits per heavy atom. The monoisotopic (exact) mass is 696 g/mol. The second-order valence-electron chi connectivity index (χ2n) is 7.42. The molecular formula is C27H33ClNaO7PPdS. The maximum absolute atomic E-state index is 11.9. The van der Waals surface area contributed by atoms with Gasteiger partial charge in [-0.25, -0.2) is 8.42 Å². The molecule has 0 N–H and O–H groups in total. The van der Waals surface area contributed by atoms with Crippen LogP contribution in [0.4, 0.5) is 0 Å². The van der Waals surface area contributed by atoms with Crippen molar-refractivity contribution >= 4 is 45.5 Å². The molecule has 0 fully saturated rings. The van der Waals surface area contributed by atoms with Gasteiger partial charge < -0.3 is 43.4 Å². The summed E-state index contributed by atoms with van der Waals surface area (Å²) >= 11 is 0. The Morgan fingerprint density at radius 2 is 0.974 bits per heavy atom. The van der Waals surface area contributed by atoms with E-state index in [1.165, 1.54) is 33.8 Å². The zero-order valence-electron chi connectivity index (χ0n) is 23.3. The minimum atomic E-state index is -4.65. The van der Waals surface area contributed by atoms with Gasteiger partial charge in [0.15, 0.2) is 0 Å². The fraction of sp³-hybridized carbons (Fsp3) is 0.222. The summed E-state index contributed by atoms with van der Waals surface area (Å²) in [4.78, 5) is 18.7. The minimum absolute atomic E-state index is 0. The van der Waals surface area contributed by atoms with E-state index in [0.29, 0.717) is 16.8 Å². The molecule has 0 saturated heterocycles. The molecule has 3 aromatic rings. The van der Waals surface area contributed by atoms with Crippen LogP contribution < -0.4 is 67.4 Å². The number of Topliss-reactive ketones (excluding diaryl/α,β-unsaturated/α-hetero) is 2. The van der Waals surface area contributed by atoms with Crippen LogP contribution in [0.5, 0.6) is 11.5 Å². The molecule has 212 valence electrons. The van der Waals surface area contributed by atoms with Gasteiger partial charge in [-0.05, 0) is 53.8 Å². The fourth-order valence-corrected chi connectivity index (χ4v) is 6.60. The summed E-state index contributed by atoms with van der Waals surface area (Å²) in [6, 6.07) is 21.1. The van der Waals surface area contributed by atoms with Crippen molar-refractivity contribution in [3.8, 4) is 11.5 Å². The van der Waals surface area contributed by atoms with Crippen molar-refractivity contribution < 1.29 is 94.4 Å². The number of halogens is 1. The number of ketones is 2. The first-order chi connectivity index (χ1) is 16.4. The van der Waals surface area contributed by atoms with Crippen LogP contribution in [0.3, 0.4) is 0 Å². The molecule has 0 atom stereocenters. The summed E-state index contributed by atoms with van der Waals surface area (Å²) in [6.45, 7) is 6.11. The molecule has 0 aliphatic heterocycles. The standard InChI is InChI=1S/C20H19O5PS.2C3H6O.CH3.ClH.Na.Pd/c1-24-15-9-3-5-11-17(15)26(18-12-6-4-10-16(18)25-2)19-13-7-8-14-20(19)27(21,22)23;2*1-3(2)4;;;;/h3-14H,1-2H3,(H,21,22,23);2*1-2H3;1H3;1H;;/q;;;-1;;+1;+2/p-2. The number of benzene rings is 3. The molecule has 0 spiro atoms. The molecule has 0 aliphatic carbocycles. The third kappa shape index (κ3) is 15.5. The Balaban J connectivity index is -0.000000453. The minimum Gasteiger partial charge on any atom is -1.00 e. The van der Waals surface area contributed by atoms with E-state index < -0.39 is 18.0 Å². The predicted octanol–water partition coefficient (Wildman–Crippen LogP) is -1.99. The van der Waals surface area contributed by atoms with Crippen LogP contribution in [0.25, 0.3) is 0 Å². The number of hydrogen-bond donors (Lipinski definition) is 0.